The van der Waals surface area contributed by atoms with Gasteiger partial charge in [0.25, 0.3) is 0 Å². The summed E-state index contributed by atoms with van der Waals surface area (Å²) in [6.45, 7) is 2.04. The van der Waals surface area contributed by atoms with Crippen LogP contribution in [-0.2, 0) is 0 Å². The van der Waals surface area contributed by atoms with Gasteiger partial charge in [0.2, 0.25) is 0 Å². The molecule has 0 fully saturated rings. The fourth-order valence-electron chi connectivity index (χ4n) is 2.51. The SMILES string of the molecule is Cc1cccc([C@@H](O)c2cccc3ccccc23)c1. The number of aliphatic hydroxyl groups is 1. The lowest BCUT2D eigenvalue weighted by Gasteiger charge is -2.14. The topological polar surface area (TPSA) is 20.2 Å². The predicted molar refractivity (Wildman–Crippen MR) is 79.2 cm³/mol. The zero-order valence-corrected chi connectivity index (χ0v) is 10.9. The highest BCUT2D eigenvalue weighted by atomic mass is 16.3. The van der Waals surface area contributed by atoms with Crippen LogP contribution in [0.5, 0.6) is 0 Å². The Kier molecular flexibility index (Phi) is 3.06. The molecule has 0 radical (unpaired) electrons. The second kappa shape index (κ2) is 4.87. The molecule has 0 heterocycles. The standard InChI is InChI=1S/C18H16O/c1-13-6-4-9-15(12-13)18(19)17-11-5-8-14-7-2-3-10-16(14)17/h2-12,18-19H,1H3/t18-/m1/s1. The fraction of sp³-hybridized carbons (Fsp3) is 0.111. The van der Waals surface area contributed by atoms with Crippen molar-refractivity contribution in [1.29, 1.82) is 0 Å². The van der Waals surface area contributed by atoms with E-state index in [0.717, 1.165) is 27.5 Å². The highest BCUT2D eigenvalue weighted by Gasteiger charge is 2.13. The molecular weight excluding hydrogens is 232 g/mol. The molecule has 0 unspecified atom stereocenters. The molecule has 0 aromatic heterocycles. The zero-order chi connectivity index (χ0) is 13.2. The third-order valence-corrected chi connectivity index (χ3v) is 3.48. The van der Waals surface area contributed by atoms with E-state index in [-0.39, 0.29) is 0 Å². The van der Waals surface area contributed by atoms with Crippen LogP contribution in [0.2, 0.25) is 0 Å². The molecule has 0 aliphatic carbocycles. The first kappa shape index (κ1) is 11.9. The number of aryl methyl sites for hydroxylation is 1. The Hall–Kier alpha value is -2.12. The average Bonchev–Trinajstić information content (AvgIpc) is 2.46. The molecule has 3 aromatic rings. The quantitative estimate of drug-likeness (QED) is 0.719. The average molecular weight is 248 g/mol. The first-order valence-corrected chi connectivity index (χ1v) is 6.48. The van der Waals surface area contributed by atoms with Gasteiger partial charge in [-0.3, -0.25) is 0 Å². The van der Waals surface area contributed by atoms with E-state index in [9.17, 15) is 5.11 Å². The lowest BCUT2D eigenvalue weighted by atomic mass is 9.95. The summed E-state index contributed by atoms with van der Waals surface area (Å²) >= 11 is 0. The molecule has 1 heteroatoms. The van der Waals surface area contributed by atoms with Crippen molar-refractivity contribution in [1.82, 2.24) is 0 Å². The van der Waals surface area contributed by atoms with E-state index in [4.69, 9.17) is 0 Å². The third kappa shape index (κ3) is 2.25. The molecule has 0 saturated heterocycles. The van der Waals surface area contributed by atoms with Gasteiger partial charge >= 0.3 is 0 Å². The van der Waals surface area contributed by atoms with Crippen LogP contribution in [0.4, 0.5) is 0 Å². The predicted octanol–water partition coefficient (Wildman–Crippen LogP) is 4.23. The maximum absolute atomic E-state index is 10.6. The van der Waals surface area contributed by atoms with Crippen molar-refractivity contribution < 1.29 is 5.11 Å². The minimum atomic E-state index is -0.578. The van der Waals surface area contributed by atoms with E-state index in [1.807, 2.05) is 55.5 Å². The van der Waals surface area contributed by atoms with Crippen LogP contribution < -0.4 is 0 Å². The summed E-state index contributed by atoms with van der Waals surface area (Å²) in [5, 5.41) is 12.9. The van der Waals surface area contributed by atoms with Crippen LogP contribution in [0, 0.1) is 6.92 Å². The van der Waals surface area contributed by atoms with E-state index in [1.165, 1.54) is 0 Å². The number of hydrogen-bond donors (Lipinski definition) is 1. The first-order valence-electron chi connectivity index (χ1n) is 6.48. The molecule has 0 spiro atoms. The van der Waals surface area contributed by atoms with Gasteiger partial charge in [-0.15, -0.1) is 0 Å². The van der Waals surface area contributed by atoms with E-state index in [0.29, 0.717) is 0 Å². The van der Waals surface area contributed by atoms with Crippen LogP contribution in [0.15, 0.2) is 66.7 Å². The summed E-state index contributed by atoms with van der Waals surface area (Å²) < 4.78 is 0. The summed E-state index contributed by atoms with van der Waals surface area (Å²) in [5.74, 6) is 0. The van der Waals surface area contributed by atoms with Gasteiger partial charge in [-0.1, -0.05) is 72.3 Å². The maximum atomic E-state index is 10.6. The van der Waals surface area contributed by atoms with Crippen LogP contribution >= 0.6 is 0 Å². The minimum absolute atomic E-state index is 0.578. The van der Waals surface area contributed by atoms with Crippen LogP contribution in [-0.4, -0.2) is 5.11 Å². The molecule has 1 N–H and O–H groups in total. The summed E-state index contributed by atoms with van der Waals surface area (Å²) in [5.41, 5.74) is 3.07. The van der Waals surface area contributed by atoms with Crippen LogP contribution in [0.3, 0.4) is 0 Å². The van der Waals surface area contributed by atoms with Crippen molar-refractivity contribution >= 4 is 10.8 Å². The Morgan fingerprint density at radius 2 is 1.58 bits per heavy atom. The molecule has 1 atom stereocenters. The van der Waals surface area contributed by atoms with Crippen molar-refractivity contribution in [3.8, 4) is 0 Å². The molecule has 94 valence electrons. The lowest BCUT2D eigenvalue weighted by molar-refractivity contribution is 0.222. The Labute approximate surface area is 113 Å². The van der Waals surface area contributed by atoms with Crippen molar-refractivity contribution in [2.45, 2.75) is 13.0 Å². The van der Waals surface area contributed by atoms with Crippen molar-refractivity contribution in [3.05, 3.63) is 83.4 Å². The maximum Gasteiger partial charge on any atom is 0.105 e. The molecule has 19 heavy (non-hydrogen) atoms. The zero-order valence-electron chi connectivity index (χ0n) is 10.9. The van der Waals surface area contributed by atoms with E-state index in [1.54, 1.807) is 0 Å². The van der Waals surface area contributed by atoms with Gasteiger partial charge in [0.05, 0.1) is 0 Å². The fourth-order valence-corrected chi connectivity index (χ4v) is 2.51. The summed E-state index contributed by atoms with van der Waals surface area (Å²) in [4.78, 5) is 0. The van der Waals surface area contributed by atoms with E-state index < -0.39 is 6.10 Å². The van der Waals surface area contributed by atoms with Crippen molar-refractivity contribution in [3.63, 3.8) is 0 Å². The number of benzene rings is 3. The van der Waals surface area contributed by atoms with Crippen molar-refractivity contribution in [2.24, 2.45) is 0 Å². The smallest absolute Gasteiger partial charge is 0.105 e. The van der Waals surface area contributed by atoms with Gasteiger partial charge in [0, 0.05) is 0 Å². The van der Waals surface area contributed by atoms with Gasteiger partial charge in [-0.25, -0.2) is 0 Å². The minimum Gasteiger partial charge on any atom is -0.384 e. The largest absolute Gasteiger partial charge is 0.384 e. The molecule has 0 aliphatic rings. The van der Waals surface area contributed by atoms with E-state index in [2.05, 4.69) is 18.2 Å². The monoisotopic (exact) mass is 248 g/mol. The first-order chi connectivity index (χ1) is 9.25. The van der Waals surface area contributed by atoms with Crippen LogP contribution in [0.1, 0.15) is 22.8 Å². The molecule has 0 saturated carbocycles. The Morgan fingerprint density at radius 1 is 0.842 bits per heavy atom. The Balaban J connectivity index is 2.14. The van der Waals surface area contributed by atoms with E-state index >= 15 is 0 Å². The Morgan fingerprint density at radius 3 is 2.42 bits per heavy atom. The molecule has 0 aliphatic heterocycles. The normalized spacial score (nSPS) is 12.5. The van der Waals surface area contributed by atoms with Crippen LogP contribution in [0.25, 0.3) is 10.8 Å². The number of rotatable bonds is 2. The van der Waals surface area contributed by atoms with Gasteiger partial charge in [0.1, 0.15) is 6.10 Å². The van der Waals surface area contributed by atoms with Gasteiger partial charge < -0.3 is 5.11 Å². The highest BCUT2D eigenvalue weighted by molar-refractivity contribution is 5.86. The molecule has 3 rings (SSSR count). The summed E-state index contributed by atoms with van der Waals surface area (Å²) in [6.07, 6.45) is -0.578. The van der Waals surface area contributed by atoms with Gasteiger partial charge in [0.15, 0.2) is 0 Å². The second-order valence-corrected chi connectivity index (χ2v) is 4.89. The third-order valence-electron chi connectivity index (χ3n) is 3.48. The molecule has 3 aromatic carbocycles. The second-order valence-electron chi connectivity index (χ2n) is 4.89. The molecule has 1 nitrogen and oxygen atoms in total. The van der Waals surface area contributed by atoms with Gasteiger partial charge in [-0.2, -0.15) is 0 Å². The highest BCUT2D eigenvalue weighted by Crippen LogP contribution is 2.29. The molecule has 0 bridgehead atoms. The summed E-state index contributed by atoms with van der Waals surface area (Å²) in [7, 11) is 0. The Bertz CT molecular complexity index is 710. The lowest BCUT2D eigenvalue weighted by Crippen LogP contribution is -2.00. The molecular formula is C18H16O. The number of hydrogen-bond acceptors (Lipinski definition) is 1. The number of fused-ring (bicyclic) bond motifs is 1. The van der Waals surface area contributed by atoms with Crippen molar-refractivity contribution in [2.75, 3.05) is 0 Å². The summed E-state index contributed by atoms with van der Waals surface area (Å²) in [6, 6.07) is 22.3. The molecule has 0 amide bonds. The number of aliphatic hydroxyl groups excluding tert-OH is 1. The van der Waals surface area contributed by atoms with Gasteiger partial charge in [-0.05, 0) is 28.8 Å².